The van der Waals surface area contributed by atoms with Gasteiger partial charge in [-0.3, -0.25) is 4.90 Å². The Morgan fingerprint density at radius 1 is 0.625 bits per heavy atom. The first-order valence-electron chi connectivity index (χ1n) is 8.20. The number of thioether (sulfide) groups is 2. The van der Waals surface area contributed by atoms with Gasteiger partial charge in [0.15, 0.2) is 0 Å². The monoisotopic (exact) mass is 347 g/mol. The molecule has 0 spiro atoms. The Hall–Kier alpha value is -1.68. The van der Waals surface area contributed by atoms with Crippen molar-refractivity contribution in [3.05, 3.63) is 95.6 Å². The number of benzene rings is 3. The van der Waals surface area contributed by atoms with Gasteiger partial charge in [0.05, 0.1) is 0 Å². The maximum atomic E-state index is 2.63. The molecule has 1 nitrogen and oxygen atoms in total. The van der Waals surface area contributed by atoms with Gasteiger partial charge in [-0.05, 0) is 28.8 Å². The maximum absolute atomic E-state index is 2.63. The van der Waals surface area contributed by atoms with E-state index in [1.807, 2.05) is 23.5 Å². The molecule has 118 valence electrons. The summed E-state index contributed by atoms with van der Waals surface area (Å²) in [4.78, 5) is 5.44. The first kappa shape index (κ1) is 14.6. The highest BCUT2D eigenvalue weighted by Gasteiger charge is 2.47. The van der Waals surface area contributed by atoms with Crippen molar-refractivity contribution >= 4 is 23.5 Å². The summed E-state index contributed by atoms with van der Waals surface area (Å²) in [6, 6.07) is 28.6. The predicted molar refractivity (Wildman–Crippen MR) is 102 cm³/mol. The van der Waals surface area contributed by atoms with Crippen molar-refractivity contribution in [1.29, 1.82) is 0 Å². The molecule has 0 N–H and O–H groups in total. The van der Waals surface area contributed by atoms with Crippen LogP contribution in [0, 0.1) is 0 Å². The van der Waals surface area contributed by atoms with Gasteiger partial charge in [-0.2, -0.15) is 0 Å². The third kappa shape index (κ3) is 2.23. The molecule has 2 heterocycles. The van der Waals surface area contributed by atoms with E-state index in [4.69, 9.17) is 0 Å². The van der Waals surface area contributed by atoms with Crippen LogP contribution in [0.3, 0.4) is 0 Å². The van der Waals surface area contributed by atoms with E-state index < -0.39 is 0 Å². The lowest BCUT2D eigenvalue weighted by Gasteiger charge is -2.49. The Morgan fingerprint density at radius 3 is 1.71 bits per heavy atom. The highest BCUT2D eigenvalue weighted by molar-refractivity contribution is 8.17. The molecule has 3 aromatic rings. The highest BCUT2D eigenvalue weighted by Crippen LogP contribution is 2.61. The summed E-state index contributed by atoms with van der Waals surface area (Å²) in [5.41, 5.74) is 4.26. The predicted octanol–water partition coefficient (Wildman–Crippen LogP) is 5.71. The van der Waals surface area contributed by atoms with Crippen molar-refractivity contribution in [2.45, 2.75) is 27.1 Å². The van der Waals surface area contributed by atoms with E-state index in [1.165, 1.54) is 26.5 Å². The summed E-state index contributed by atoms with van der Waals surface area (Å²) in [5, 5.41) is 0. The zero-order chi connectivity index (χ0) is 16.0. The van der Waals surface area contributed by atoms with E-state index in [2.05, 4.69) is 83.8 Å². The summed E-state index contributed by atoms with van der Waals surface area (Å²) in [6.07, 6.45) is 0. The minimum atomic E-state index is -0.0794. The van der Waals surface area contributed by atoms with E-state index in [0.717, 1.165) is 13.1 Å². The van der Waals surface area contributed by atoms with Crippen LogP contribution in [-0.2, 0) is 17.3 Å². The third-order valence-corrected chi connectivity index (χ3v) is 8.00. The van der Waals surface area contributed by atoms with E-state index in [9.17, 15) is 0 Å². The van der Waals surface area contributed by atoms with Crippen molar-refractivity contribution in [3.63, 3.8) is 0 Å². The average Bonchev–Trinajstić information content (AvgIpc) is 2.65. The molecule has 3 aromatic carbocycles. The van der Waals surface area contributed by atoms with Crippen LogP contribution in [0.1, 0.15) is 16.7 Å². The Balaban J connectivity index is 1.70. The standard InChI is InChI=1S/C21H17NS2/c1-2-10-18(11-3-1)21-22(14-16-8-4-6-12-19(16)23-21)15-17-9-5-7-13-20(17)24-21/h1-13H,14-15H2. The molecule has 0 aromatic heterocycles. The Morgan fingerprint density at radius 2 is 1.12 bits per heavy atom. The number of fused-ring (bicyclic) bond motifs is 3. The third-order valence-electron chi connectivity index (χ3n) is 4.72. The van der Waals surface area contributed by atoms with Crippen molar-refractivity contribution in [2.24, 2.45) is 0 Å². The molecule has 2 aliphatic heterocycles. The Bertz CT molecular complexity index is 840. The van der Waals surface area contributed by atoms with Crippen LogP contribution >= 0.6 is 23.5 Å². The summed E-state index contributed by atoms with van der Waals surface area (Å²) >= 11 is 3.99. The molecule has 0 fully saturated rings. The number of nitrogens with zero attached hydrogens (tertiary/aromatic N) is 1. The second kappa shape index (κ2) is 5.69. The molecule has 0 bridgehead atoms. The molecule has 3 heteroatoms. The Labute approximate surface area is 151 Å². The van der Waals surface area contributed by atoms with E-state index in [1.54, 1.807) is 0 Å². The summed E-state index contributed by atoms with van der Waals surface area (Å²) in [5.74, 6) is 0. The van der Waals surface area contributed by atoms with Crippen LogP contribution in [0.4, 0.5) is 0 Å². The van der Waals surface area contributed by atoms with Crippen LogP contribution in [0.5, 0.6) is 0 Å². The van der Waals surface area contributed by atoms with Gasteiger partial charge < -0.3 is 0 Å². The smallest absolute Gasteiger partial charge is 0.149 e. The highest BCUT2D eigenvalue weighted by atomic mass is 32.2. The molecular weight excluding hydrogens is 330 g/mol. The molecule has 0 radical (unpaired) electrons. The lowest BCUT2D eigenvalue weighted by Crippen LogP contribution is -2.44. The van der Waals surface area contributed by atoms with Crippen molar-refractivity contribution in [1.82, 2.24) is 4.90 Å². The van der Waals surface area contributed by atoms with Crippen molar-refractivity contribution < 1.29 is 0 Å². The van der Waals surface area contributed by atoms with Gasteiger partial charge in [0.1, 0.15) is 4.20 Å². The fourth-order valence-electron chi connectivity index (χ4n) is 3.54. The fraction of sp³-hybridized carbons (Fsp3) is 0.143. The summed E-state index contributed by atoms with van der Waals surface area (Å²) < 4.78 is -0.0794. The zero-order valence-corrected chi connectivity index (χ0v) is 14.8. The topological polar surface area (TPSA) is 3.24 Å². The van der Waals surface area contributed by atoms with Gasteiger partial charge in [0, 0.05) is 22.9 Å². The number of hydrogen-bond donors (Lipinski definition) is 0. The van der Waals surface area contributed by atoms with Crippen molar-refractivity contribution in [3.8, 4) is 0 Å². The lowest BCUT2D eigenvalue weighted by atomic mass is 10.1. The fourth-order valence-corrected chi connectivity index (χ4v) is 6.69. The van der Waals surface area contributed by atoms with Gasteiger partial charge in [0.2, 0.25) is 0 Å². The van der Waals surface area contributed by atoms with Crippen LogP contribution in [-0.4, -0.2) is 4.90 Å². The molecular formula is C21H17NS2. The molecule has 0 amide bonds. The maximum Gasteiger partial charge on any atom is 0.149 e. The molecule has 0 aliphatic carbocycles. The minimum Gasteiger partial charge on any atom is -0.267 e. The SMILES string of the molecule is c1ccc(C23Sc4ccccc4CN2Cc2ccccc2S3)cc1. The number of rotatable bonds is 1. The second-order valence-corrected chi connectivity index (χ2v) is 8.95. The molecule has 24 heavy (non-hydrogen) atoms. The minimum absolute atomic E-state index is 0.0794. The lowest BCUT2D eigenvalue weighted by molar-refractivity contribution is 0.202. The quantitative estimate of drug-likeness (QED) is 0.555. The average molecular weight is 348 g/mol. The second-order valence-electron chi connectivity index (χ2n) is 6.22. The zero-order valence-electron chi connectivity index (χ0n) is 13.2. The Kier molecular flexibility index (Phi) is 3.47. The van der Waals surface area contributed by atoms with E-state index in [0.29, 0.717) is 0 Å². The van der Waals surface area contributed by atoms with Crippen LogP contribution in [0.25, 0.3) is 0 Å². The normalized spacial score (nSPS) is 18.3. The van der Waals surface area contributed by atoms with E-state index in [-0.39, 0.29) is 4.20 Å². The molecule has 0 saturated heterocycles. The summed E-state index contributed by atoms with van der Waals surface area (Å²) in [6.45, 7) is 2.00. The molecule has 2 aliphatic rings. The van der Waals surface area contributed by atoms with Crippen LogP contribution in [0.2, 0.25) is 0 Å². The first-order chi connectivity index (χ1) is 11.9. The number of hydrogen-bond acceptors (Lipinski definition) is 3. The summed E-state index contributed by atoms with van der Waals surface area (Å²) in [7, 11) is 0. The van der Waals surface area contributed by atoms with E-state index >= 15 is 0 Å². The molecule has 0 atom stereocenters. The van der Waals surface area contributed by atoms with Gasteiger partial charge in [-0.25, -0.2) is 0 Å². The van der Waals surface area contributed by atoms with Gasteiger partial charge in [-0.1, -0.05) is 90.3 Å². The largest absolute Gasteiger partial charge is 0.267 e. The van der Waals surface area contributed by atoms with Gasteiger partial charge >= 0.3 is 0 Å². The van der Waals surface area contributed by atoms with Crippen LogP contribution in [0.15, 0.2) is 88.7 Å². The molecule has 0 saturated carbocycles. The first-order valence-corrected chi connectivity index (χ1v) is 9.83. The molecule has 0 unspecified atom stereocenters. The molecule has 5 rings (SSSR count). The van der Waals surface area contributed by atoms with Gasteiger partial charge in [0.25, 0.3) is 0 Å². The van der Waals surface area contributed by atoms with Gasteiger partial charge in [-0.15, -0.1) is 0 Å². The van der Waals surface area contributed by atoms with Crippen molar-refractivity contribution in [2.75, 3.05) is 0 Å². The van der Waals surface area contributed by atoms with Crippen LogP contribution < -0.4 is 0 Å².